The lowest BCUT2D eigenvalue weighted by molar-refractivity contribution is -0.172. The number of cyclic esters (lactones) is 1. The van der Waals surface area contributed by atoms with Gasteiger partial charge in [-0.25, -0.2) is 0 Å². The van der Waals surface area contributed by atoms with E-state index < -0.39 is 23.6 Å². The topological polar surface area (TPSA) is 76.4 Å². The molecule has 5 nitrogen and oxygen atoms in total. The Hall–Kier alpha value is -1.57. The van der Waals surface area contributed by atoms with Gasteiger partial charge in [0.05, 0.1) is 11.8 Å². The van der Waals surface area contributed by atoms with Gasteiger partial charge in [0, 0.05) is 6.42 Å². The van der Waals surface area contributed by atoms with Crippen molar-refractivity contribution >= 4 is 11.9 Å². The molecule has 0 saturated carbocycles. The fraction of sp³-hybridized carbons (Fsp3) is 0.750. The lowest BCUT2D eigenvalue weighted by atomic mass is 9.90. The van der Waals surface area contributed by atoms with E-state index in [0.29, 0.717) is 6.42 Å². The van der Waals surface area contributed by atoms with Crippen LogP contribution in [0.1, 0.15) is 40.0 Å². The Labute approximate surface area is 101 Å². The molecule has 0 amide bonds. The summed E-state index contributed by atoms with van der Waals surface area (Å²) in [5.41, 5.74) is -0.566. The largest absolute Gasteiger partial charge is 0.461 e. The van der Waals surface area contributed by atoms with E-state index in [1.807, 2.05) is 13.0 Å². The molecule has 0 aromatic heterocycles. The minimum absolute atomic E-state index is 0.0315. The van der Waals surface area contributed by atoms with Crippen molar-refractivity contribution in [3.8, 4) is 6.07 Å². The molecule has 0 aromatic carbocycles. The first kappa shape index (κ1) is 13.5. The molecule has 1 aliphatic heterocycles. The minimum atomic E-state index is -0.807. The Bertz CT molecular complexity index is 356. The SMILES string of the molecule is CCC(C)(C)C(=O)OC1CC(=O)OC(C#N)C1. The van der Waals surface area contributed by atoms with Crippen molar-refractivity contribution < 1.29 is 19.1 Å². The average Bonchev–Trinajstić information content (AvgIpc) is 2.28. The maximum Gasteiger partial charge on any atom is 0.311 e. The van der Waals surface area contributed by atoms with Gasteiger partial charge in [0.25, 0.3) is 0 Å². The molecule has 1 rings (SSSR count). The Kier molecular flexibility index (Phi) is 4.11. The molecule has 17 heavy (non-hydrogen) atoms. The number of hydrogen-bond donors (Lipinski definition) is 0. The maximum absolute atomic E-state index is 11.8. The lowest BCUT2D eigenvalue weighted by Crippen LogP contribution is -2.37. The number of carbonyl (C=O) groups excluding carboxylic acids is 2. The predicted octanol–water partition coefficient (Wildman–Crippen LogP) is 1.56. The number of ether oxygens (including phenoxy) is 2. The molecule has 0 N–H and O–H groups in total. The molecule has 1 saturated heterocycles. The molecule has 94 valence electrons. The molecular weight excluding hydrogens is 222 g/mol. The number of nitrogens with zero attached hydrogens (tertiary/aromatic N) is 1. The summed E-state index contributed by atoms with van der Waals surface area (Å²) in [5, 5.41) is 8.70. The predicted molar refractivity (Wildman–Crippen MR) is 58.7 cm³/mol. The van der Waals surface area contributed by atoms with E-state index in [1.165, 1.54) is 0 Å². The third-order valence-electron chi connectivity index (χ3n) is 3.00. The number of esters is 2. The van der Waals surface area contributed by atoms with Crippen LogP contribution < -0.4 is 0 Å². The van der Waals surface area contributed by atoms with Crippen LogP contribution >= 0.6 is 0 Å². The molecule has 1 aliphatic rings. The molecule has 0 bridgehead atoms. The van der Waals surface area contributed by atoms with Gasteiger partial charge in [0.1, 0.15) is 12.2 Å². The van der Waals surface area contributed by atoms with Crippen LogP contribution in [0.15, 0.2) is 0 Å². The molecule has 1 fully saturated rings. The lowest BCUT2D eigenvalue weighted by Gasteiger charge is -2.28. The highest BCUT2D eigenvalue weighted by Crippen LogP contribution is 2.25. The summed E-state index contributed by atoms with van der Waals surface area (Å²) in [6.45, 7) is 5.48. The molecule has 0 aromatic rings. The van der Waals surface area contributed by atoms with Gasteiger partial charge in [0.15, 0.2) is 6.10 Å². The summed E-state index contributed by atoms with van der Waals surface area (Å²) < 4.78 is 10.0. The van der Waals surface area contributed by atoms with Crippen LogP contribution in [0.4, 0.5) is 0 Å². The molecule has 1 heterocycles. The number of rotatable bonds is 3. The number of nitriles is 1. The van der Waals surface area contributed by atoms with Crippen LogP contribution in [0.2, 0.25) is 0 Å². The van der Waals surface area contributed by atoms with Gasteiger partial charge in [0.2, 0.25) is 0 Å². The molecule has 0 aliphatic carbocycles. The summed E-state index contributed by atoms with van der Waals surface area (Å²) in [6, 6.07) is 1.86. The maximum atomic E-state index is 11.8. The zero-order valence-corrected chi connectivity index (χ0v) is 10.4. The first-order valence-corrected chi connectivity index (χ1v) is 5.69. The van der Waals surface area contributed by atoms with E-state index >= 15 is 0 Å². The summed E-state index contributed by atoms with van der Waals surface area (Å²) in [6.07, 6.45) is -0.402. The normalized spacial score (nSPS) is 24.7. The summed E-state index contributed by atoms with van der Waals surface area (Å²) in [5.74, 6) is -0.828. The van der Waals surface area contributed by atoms with Crippen LogP contribution in [-0.2, 0) is 19.1 Å². The van der Waals surface area contributed by atoms with Crippen LogP contribution in [-0.4, -0.2) is 24.1 Å². The fourth-order valence-electron chi connectivity index (χ4n) is 1.39. The highest BCUT2D eigenvalue weighted by atomic mass is 16.6. The Morgan fingerprint density at radius 1 is 1.65 bits per heavy atom. The fourth-order valence-corrected chi connectivity index (χ4v) is 1.39. The average molecular weight is 239 g/mol. The van der Waals surface area contributed by atoms with E-state index in [-0.39, 0.29) is 18.8 Å². The van der Waals surface area contributed by atoms with Gasteiger partial charge in [-0.05, 0) is 20.3 Å². The van der Waals surface area contributed by atoms with Crippen molar-refractivity contribution in [3.05, 3.63) is 0 Å². The zero-order valence-electron chi connectivity index (χ0n) is 10.4. The summed E-state index contributed by atoms with van der Waals surface area (Å²) in [4.78, 5) is 23.0. The van der Waals surface area contributed by atoms with Crippen molar-refractivity contribution in [1.29, 1.82) is 5.26 Å². The first-order valence-electron chi connectivity index (χ1n) is 5.69. The summed E-state index contributed by atoms with van der Waals surface area (Å²) in [7, 11) is 0. The zero-order chi connectivity index (χ0) is 13.1. The molecule has 5 heteroatoms. The van der Waals surface area contributed by atoms with Gasteiger partial charge in [-0.2, -0.15) is 5.26 Å². The van der Waals surface area contributed by atoms with E-state index in [2.05, 4.69) is 0 Å². The van der Waals surface area contributed by atoms with Crippen LogP contribution in [0.5, 0.6) is 0 Å². The minimum Gasteiger partial charge on any atom is -0.461 e. The smallest absolute Gasteiger partial charge is 0.311 e. The third-order valence-corrected chi connectivity index (χ3v) is 3.00. The highest BCUT2D eigenvalue weighted by molar-refractivity contribution is 5.77. The van der Waals surface area contributed by atoms with Gasteiger partial charge in [-0.3, -0.25) is 9.59 Å². The Morgan fingerprint density at radius 3 is 2.82 bits per heavy atom. The Balaban J connectivity index is 2.60. The van der Waals surface area contributed by atoms with Crippen molar-refractivity contribution in [1.82, 2.24) is 0 Å². The van der Waals surface area contributed by atoms with Crippen molar-refractivity contribution in [2.75, 3.05) is 0 Å². The van der Waals surface area contributed by atoms with Crippen LogP contribution in [0, 0.1) is 16.7 Å². The number of carbonyl (C=O) groups is 2. The van der Waals surface area contributed by atoms with Crippen molar-refractivity contribution in [2.24, 2.45) is 5.41 Å². The van der Waals surface area contributed by atoms with Gasteiger partial charge in [-0.1, -0.05) is 6.92 Å². The standard InChI is InChI=1S/C12H17NO4/c1-4-12(2,3)11(15)17-8-5-9(7-13)16-10(14)6-8/h8-9H,4-6H2,1-3H3. The highest BCUT2D eigenvalue weighted by Gasteiger charge is 2.35. The Morgan fingerprint density at radius 2 is 2.29 bits per heavy atom. The van der Waals surface area contributed by atoms with Crippen LogP contribution in [0.3, 0.4) is 0 Å². The van der Waals surface area contributed by atoms with Crippen LogP contribution in [0.25, 0.3) is 0 Å². The van der Waals surface area contributed by atoms with E-state index in [4.69, 9.17) is 14.7 Å². The number of hydrogen-bond acceptors (Lipinski definition) is 5. The summed E-state index contributed by atoms with van der Waals surface area (Å²) >= 11 is 0. The van der Waals surface area contributed by atoms with Gasteiger partial charge in [-0.15, -0.1) is 0 Å². The van der Waals surface area contributed by atoms with Crippen molar-refractivity contribution in [3.63, 3.8) is 0 Å². The second-order valence-corrected chi connectivity index (χ2v) is 4.81. The monoisotopic (exact) mass is 239 g/mol. The van der Waals surface area contributed by atoms with E-state index in [9.17, 15) is 9.59 Å². The van der Waals surface area contributed by atoms with Crippen molar-refractivity contribution in [2.45, 2.75) is 52.2 Å². The molecule has 0 radical (unpaired) electrons. The van der Waals surface area contributed by atoms with Gasteiger partial charge >= 0.3 is 11.9 Å². The van der Waals surface area contributed by atoms with E-state index in [0.717, 1.165) is 0 Å². The molecule has 0 spiro atoms. The van der Waals surface area contributed by atoms with E-state index in [1.54, 1.807) is 13.8 Å². The second-order valence-electron chi connectivity index (χ2n) is 4.81. The molecule has 2 unspecified atom stereocenters. The second kappa shape index (κ2) is 5.17. The third kappa shape index (κ3) is 3.45. The first-order chi connectivity index (χ1) is 7.89. The quantitative estimate of drug-likeness (QED) is 0.698. The molecule has 2 atom stereocenters. The molecular formula is C12H17NO4. The van der Waals surface area contributed by atoms with Gasteiger partial charge < -0.3 is 9.47 Å².